The molecular formula is C28H15BrOS. The van der Waals surface area contributed by atoms with E-state index in [1.807, 2.05) is 23.5 Å². The third-order valence-corrected chi connectivity index (χ3v) is 7.91. The third kappa shape index (κ3) is 2.42. The van der Waals surface area contributed by atoms with E-state index in [1.54, 1.807) is 0 Å². The van der Waals surface area contributed by atoms with Crippen LogP contribution in [0.2, 0.25) is 0 Å². The lowest BCUT2D eigenvalue weighted by atomic mass is 9.92. The maximum absolute atomic E-state index is 6.48. The van der Waals surface area contributed by atoms with Crippen LogP contribution in [-0.2, 0) is 0 Å². The Hall–Kier alpha value is -3.14. The second-order valence-corrected chi connectivity index (χ2v) is 9.78. The number of halogens is 1. The summed E-state index contributed by atoms with van der Waals surface area (Å²) >= 11 is 5.64. The second kappa shape index (κ2) is 6.43. The minimum absolute atomic E-state index is 0.914. The largest absolute Gasteiger partial charge is 0.455 e. The van der Waals surface area contributed by atoms with E-state index in [9.17, 15) is 0 Å². The molecule has 0 saturated carbocycles. The molecule has 0 aliphatic heterocycles. The van der Waals surface area contributed by atoms with Crippen molar-refractivity contribution in [2.24, 2.45) is 0 Å². The molecule has 146 valence electrons. The van der Waals surface area contributed by atoms with Crippen molar-refractivity contribution in [1.82, 2.24) is 0 Å². The van der Waals surface area contributed by atoms with E-state index in [-0.39, 0.29) is 0 Å². The summed E-state index contributed by atoms with van der Waals surface area (Å²) in [6.07, 6.45) is 0. The minimum Gasteiger partial charge on any atom is -0.455 e. The van der Waals surface area contributed by atoms with Gasteiger partial charge in [-0.25, -0.2) is 0 Å². The molecule has 0 spiro atoms. The Balaban J connectivity index is 1.76. The first-order valence-corrected chi connectivity index (χ1v) is 11.8. The summed E-state index contributed by atoms with van der Waals surface area (Å²) in [5, 5.41) is 7.39. The predicted octanol–water partition coefficient (Wildman–Crippen LogP) is 9.54. The second-order valence-electron chi connectivity index (χ2n) is 7.84. The highest BCUT2D eigenvalue weighted by molar-refractivity contribution is 9.10. The number of hydrogen-bond acceptors (Lipinski definition) is 2. The summed E-state index contributed by atoms with van der Waals surface area (Å²) in [6, 6.07) is 32.3. The monoisotopic (exact) mass is 478 g/mol. The molecule has 7 aromatic rings. The summed E-state index contributed by atoms with van der Waals surface area (Å²) in [5.74, 6) is 0. The van der Waals surface area contributed by atoms with Crippen molar-refractivity contribution in [3.05, 3.63) is 95.5 Å². The molecule has 0 amide bonds. The molecule has 0 aliphatic carbocycles. The van der Waals surface area contributed by atoms with Gasteiger partial charge in [-0.3, -0.25) is 0 Å². The first kappa shape index (κ1) is 17.5. The highest BCUT2D eigenvalue weighted by Gasteiger charge is 2.20. The molecule has 0 N–H and O–H groups in total. The van der Waals surface area contributed by atoms with Gasteiger partial charge in [0.1, 0.15) is 11.2 Å². The quantitative estimate of drug-likeness (QED) is 0.229. The smallest absolute Gasteiger partial charge is 0.144 e. The molecule has 1 nitrogen and oxygen atoms in total. The van der Waals surface area contributed by atoms with E-state index in [0.717, 1.165) is 32.0 Å². The van der Waals surface area contributed by atoms with Crippen LogP contribution in [0.25, 0.3) is 64.0 Å². The van der Waals surface area contributed by atoms with Crippen molar-refractivity contribution in [1.29, 1.82) is 0 Å². The van der Waals surface area contributed by atoms with E-state index >= 15 is 0 Å². The van der Waals surface area contributed by atoms with Crippen LogP contribution in [0.1, 0.15) is 0 Å². The van der Waals surface area contributed by atoms with Gasteiger partial charge in [0.15, 0.2) is 0 Å². The van der Waals surface area contributed by atoms with Gasteiger partial charge in [-0.05, 0) is 41.1 Å². The zero-order valence-electron chi connectivity index (χ0n) is 16.4. The average Bonchev–Trinajstić information content (AvgIpc) is 3.37. The maximum atomic E-state index is 6.48. The average molecular weight is 479 g/mol. The lowest BCUT2D eigenvalue weighted by Crippen LogP contribution is -1.85. The van der Waals surface area contributed by atoms with Crippen LogP contribution in [0.3, 0.4) is 0 Å². The summed E-state index contributed by atoms with van der Waals surface area (Å²) in [4.78, 5) is 0. The van der Waals surface area contributed by atoms with Crippen LogP contribution in [0.15, 0.2) is 99.9 Å². The first-order chi connectivity index (χ1) is 15.3. The Morgan fingerprint density at radius 2 is 1.39 bits per heavy atom. The number of thiophene rings is 1. The van der Waals surface area contributed by atoms with Crippen molar-refractivity contribution in [3.63, 3.8) is 0 Å². The molecule has 3 heteroatoms. The molecule has 31 heavy (non-hydrogen) atoms. The summed E-state index contributed by atoms with van der Waals surface area (Å²) in [7, 11) is 0. The van der Waals surface area contributed by atoms with Gasteiger partial charge in [0.2, 0.25) is 0 Å². The van der Waals surface area contributed by atoms with E-state index < -0.39 is 0 Å². The SMILES string of the molecule is Brc1ccc(-c2c3ccccc3cc3sc4ccccc4c23)c2oc3ccccc3c12. The molecule has 0 unspecified atom stereocenters. The highest BCUT2D eigenvalue weighted by atomic mass is 79.9. The molecule has 2 heterocycles. The fourth-order valence-corrected chi connectivity index (χ4v) is 6.50. The molecule has 5 aromatic carbocycles. The van der Waals surface area contributed by atoms with Gasteiger partial charge in [0, 0.05) is 46.5 Å². The van der Waals surface area contributed by atoms with Gasteiger partial charge in [-0.1, -0.05) is 76.6 Å². The van der Waals surface area contributed by atoms with E-state index in [1.165, 1.54) is 36.5 Å². The lowest BCUT2D eigenvalue weighted by molar-refractivity contribution is 0.670. The first-order valence-electron chi connectivity index (χ1n) is 10.2. The van der Waals surface area contributed by atoms with Crippen LogP contribution in [0.5, 0.6) is 0 Å². The van der Waals surface area contributed by atoms with Gasteiger partial charge >= 0.3 is 0 Å². The van der Waals surface area contributed by atoms with Crippen LogP contribution in [0, 0.1) is 0 Å². The number of fused-ring (bicyclic) bond motifs is 7. The Kier molecular flexibility index (Phi) is 3.64. The molecule has 0 radical (unpaired) electrons. The fraction of sp³-hybridized carbons (Fsp3) is 0. The van der Waals surface area contributed by atoms with Crippen molar-refractivity contribution in [2.75, 3.05) is 0 Å². The molecule has 0 bridgehead atoms. The van der Waals surface area contributed by atoms with E-state index in [0.29, 0.717) is 0 Å². The Morgan fingerprint density at radius 3 is 2.29 bits per heavy atom. The number of para-hydroxylation sites is 1. The predicted molar refractivity (Wildman–Crippen MR) is 137 cm³/mol. The number of rotatable bonds is 1. The van der Waals surface area contributed by atoms with Gasteiger partial charge in [-0.15, -0.1) is 11.3 Å². The van der Waals surface area contributed by atoms with Gasteiger partial charge in [0.25, 0.3) is 0 Å². The van der Waals surface area contributed by atoms with E-state index in [2.05, 4.69) is 94.8 Å². The Morgan fingerprint density at radius 1 is 0.645 bits per heavy atom. The molecular weight excluding hydrogens is 464 g/mol. The zero-order chi connectivity index (χ0) is 20.5. The van der Waals surface area contributed by atoms with Gasteiger partial charge in [-0.2, -0.15) is 0 Å². The summed E-state index contributed by atoms with van der Waals surface area (Å²) in [5.41, 5.74) is 4.24. The normalized spacial score (nSPS) is 12.0. The maximum Gasteiger partial charge on any atom is 0.144 e. The minimum atomic E-state index is 0.914. The third-order valence-electron chi connectivity index (χ3n) is 6.13. The van der Waals surface area contributed by atoms with Crippen LogP contribution < -0.4 is 0 Å². The Labute approximate surface area is 190 Å². The van der Waals surface area contributed by atoms with Crippen LogP contribution in [0.4, 0.5) is 0 Å². The molecule has 0 atom stereocenters. The molecule has 7 rings (SSSR count). The number of furan rings is 1. The van der Waals surface area contributed by atoms with Gasteiger partial charge in [0.05, 0.1) is 0 Å². The van der Waals surface area contributed by atoms with Crippen molar-refractivity contribution < 1.29 is 4.42 Å². The van der Waals surface area contributed by atoms with Crippen LogP contribution >= 0.6 is 27.3 Å². The fourth-order valence-electron chi connectivity index (χ4n) is 4.81. The van der Waals surface area contributed by atoms with Crippen molar-refractivity contribution >= 4 is 80.1 Å². The van der Waals surface area contributed by atoms with Crippen LogP contribution in [-0.4, -0.2) is 0 Å². The standard InChI is InChI=1S/C28H15BrOS/c29-21-14-13-20(28-26(21)18-9-3-5-11-22(18)30-28)25-17-8-2-1-7-16(17)15-24-27(25)19-10-4-6-12-23(19)31-24/h1-15H. The summed E-state index contributed by atoms with van der Waals surface area (Å²) in [6.45, 7) is 0. The lowest BCUT2D eigenvalue weighted by Gasteiger charge is -2.11. The number of benzene rings is 5. The van der Waals surface area contributed by atoms with Crippen molar-refractivity contribution in [3.8, 4) is 11.1 Å². The molecule has 0 saturated heterocycles. The molecule has 0 fully saturated rings. The van der Waals surface area contributed by atoms with Gasteiger partial charge < -0.3 is 4.42 Å². The van der Waals surface area contributed by atoms with Crippen molar-refractivity contribution in [2.45, 2.75) is 0 Å². The Bertz CT molecular complexity index is 1810. The van der Waals surface area contributed by atoms with E-state index in [4.69, 9.17) is 4.42 Å². The summed E-state index contributed by atoms with van der Waals surface area (Å²) < 4.78 is 10.2. The molecule has 0 aliphatic rings. The highest BCUT2D eigenvalue weighted by Crippen LogP contribution is 2.48. The zero-order valence-corrected chi connectivity index (χ0v) is 18.8. The topological polar surface area (TPSA) is 13.1 Å². The number of hydrogen-bond donors (Lipinski definition) is 0. The molecule has 2 aromatic heterocycles.